The lowest BCUT2D eigenvalue weighted by Gasteiger charge is -2.17. The van der Waals surface area contributed by atoms with Crippen molar-refractivity contribution in [2.24, 2.45) is 0 Å². The van der Waals surface area contributed by atoms with Gasteiger partial charge in [0.05, 0.1) is 6.61 Å². The van der Waals surface area contributed by atoms with Gasteiger partial charge in [-0.25, -0.2) is 9.97 Å². The van der Waals surface area contributed by atoms with Crippen LogP contribution in [-0.4, -0.2) is 36.3 Å². The van der Waals surface area contributed by atoms with Gasteiger partial charge < -0.3 is 14.8 Å². The van der Waals surface area contributed by atoms with Crippen LogP contribution < -0.4 is 10.1 Å². The van der Waals surface area contributed by atoms with Gasteiger partial charge in [-0.05, 0) is 12.8 Å². The summed E-state index contributed by atoms with van der Waals surface area (Å²) in [4.78, 5) is 8.35. The molecule has 0 unspecified atom stereocenters. The zero-order valence-electron chi connectivity index (χ0n) is 11.6. The van der Waals surface area contributed by atoms with E-state index in [-0.39, 0.29) is 0 Å². The minimum atomic E-state index is 0.510. The number of aromatic nitrogens is 2. The molecule has 1 aliphatic rings. The summed E-state index contributed by atoms with van der Waals surface area (Å²) >= 11 is 0. The zero-order chi connectivity index (χ0) is 13.3. The fourth-order valence-corrected chi connectivity index (χ4v) is 2.36. The third-order valence-electron chi connectivity index (χ3n) is 3.39. The first-order chi connectivity index (χ1) is 9.38. The van der Waals surface area contributed by atoms with E-state index in [2.05, 4.69) is 15.3 Å². The first kappa shape index (κ1) is 14.1. The number of anilines is 1. The lowest BCUT2D eigenvalue weighted by Crippen LogP contribution is -2.19. The molecule has 0 aromatic carbocycles. The summed E-state index contributed by atoms with van der Waals surface area (Å²) in [5, 5.41) is 3.49. The summed E-state index contributed by atoms with van der Waals surface area (Å²) in [5.41, 5.74) is 0. The zero-order valence-corrected chi connectivity index (χ0v) is 11.6. The SMILES string of the molecule is COCCOc1cc(NC2CCCCCC2)ncn1. The summed E-state index contributed by atoms with van der Waals surface area (Å²) in [5.74, 6) is 1.46. The normalized spacial score (nSPS) is 16.9. The summed E-state index contributed by atoms with van der Waals surface area (Å²) in [6, 6.07) is 2.39. The first-order valence-electron chi connectivity index (χ1n) is 7.09. The Morgan fingerprint density at radius 1 is 1.16 bits per heavy atom. The van der Waals surface area contributed by atoms with Crippen LogP contribution in [0.3, 0.4) is 0 Å². The summed E-state index contributed by atoms with van der Waals surface area (Å²) in [6.07, 6.45) is 9.31. The monoisotopic (exact) mass is 265 g/mol. The average Bonchev–Trinajstić information content (AvgIpc) is 2.68. The second-order valence-electron chi connectivity index (χ2n) is 4.92. The maximum Gasteiger partial charge on any atom is 0.218 e. The maximum absolute atomic E-state index is 5.48. The Labute approximate surface area is 114 Å². The van der Waals surface area contributed by atoms with E-state index in [0.29, 0.717) is 25.1 Å². The van der Waals surface area contributed by atoms with E-state index in [1.165, 1.54) is 38.5 Å². The largest absolute Gasteiger partial charge is 0.475 e. The lowest BCUT2D eigenvalue weighted by atomic mass is 10.1. The summed E-state index contributed by atoms with van der Waals surface area (Å²) < 4.78 is 10.4. The number of ether oxygens (including phenoxy) is 2. The standard InChI is InChI=1S/C14H23N3O2/c1-18-8-9-19-14-10-13(15-11-16-14)17-12-6-4-2-3-5-7-12/h10-12H,2-9H2,1H3,(H,15,16,17). The predicted molar refractivity (Wildman–Crippen MR) is 74.5 cm³/mol. The van der Waals surface area contributed by atoms with Crippen LogP contribution >= 0.6 is 0 Å². The first-order valence-corrected chi connectivity index (χ1v) is 7.09. The Morgan fingerprint density at radius 2 is 1.95 bits per heavy atom. The van der Waals surface area contributed by atoms with Crippen LogP contribution in [0, 0.1) is 0 Å². The molecule has 1 aromatic heterocycles. The highest BCUT2D eigenvalue weighted by molar-refractivity contribution is 5.38. The Bertz CT molecular complexity index is 365. The molecule has 0 saturated heterocycles. The molecule has 0 radical (unpaired) electrons. The van der Waals surface area contributed by atoms with Gasteiger partial charge >= 0.3 is 0 Å². The third-order valence-corrected chi connectivity index (χ3v) is 3.39. The molecule has 0 amide bonds. The highest BCUT2D eigenvalue weighted by Gasteiger charge is 2.12. The number of nitrogens with one attached hydrogen (secondary N) is 1. The summed E-state index contributed by atoms with van der Waals surface area (Å²) in [7, 11) is 1.66. The minimum absolute atomic E-state index is 0.510. The molecule has 1 heterocycles. The molecule has 0 atom stereocenters. The van der Waals surface area contributed by atoms with E-state index < -0.39 is 0 Å². The molecule has 1 aromatic rings. The third kappa shape index (κ3) is 5.03. The van der Waals surface area contributed by atoms with Crippen molar-refractivity contribution in [2.45, 2.75) is 44.6 Å². The molecule has 106 valence electrons. The fraction of sp³-hybridized carbons (Fsp3) is 0.714. The number of methoxy groups -OCH3 is 1. The van der Waals surface area contributed by atoms with Gasteiger partial charge in [-0.3, -0.25) is 0 Å². The smallest absolute Gasteiger partial charge is 0.218 e. The van der Waals surface area contributed by atoms with E-state index in [4.69, 9.17) is 9.47 Å². The van der Waals surface area contributed by atoms with E-state index >= 15 is 0 Å². The van der Waals surface area contributed by atoms with Crippen molar-refractivity contribution in [3.63, 3.8) is 0 Å². The topological polar surface area (TPSA) is 56.3 Å². The van der Waals surface area contributed by atoms with Crippen LogP contribution in [-0.2, 0) is 4.74 Å². The Kier molecular flexibility index (Phi) is 5.88. The fourth-order valence-electron chi connectivity index (χ4n) is 2.36. The molecule has 0 spiro atoms. The predicted octanol–water partition coefficient (Wildman–Crippen LogP) is 2.64. The minimum Gasteiger partial charge on any atom is -0.475 e. The molecule has 5 heteroatoms. The quantitative estimate of drug-likeness (QED) is 0.633. The second kappa shape index (κ2) is 7.94. The molecule has 0 bridgehead atoms. The van der Waals surface area contributed by atoms with Crippen molar-refractivity contribution in [2.75, 3.05) is 25.6 Å². The van der Waals surface area contributed by atoms with Crippen LogP contribution in [0.4, 0.5) is 5.82 Å². The van der Waals surface area contributed by atoms with Gasteiger partial charge in [0.25, 0.3) is 0 Å². The van der Waals surface area contributed by atoms with Gasteiger partial charge in [0.1, 0.15) is 18.8 Å². The molecule has 1 aliphatic carbocycles. The van der Waals surface area contributed by atoms with Crippen molar-refractivity contribution < 1.29 is 9.47 Å². The van der Waals surface area contributed by atoms with Gasteiger partial charge in [0.2, 0.25) is 5.88 Å². The van der Waals surface area contributed by atoms with E-state index in [1.807, 2.05) is 6.07 Å². The molecule has 0 aliphatic heterocycles. The lowest BCUT2D eigenvalue weighted by molar-refractivity contribution is 0.143. The molecule has 1 saturated carbocycles. The van der Waals surface area contributed by atoms with Gasteiger partial charge in [-0.1, -0.05) is 25.7 Å². The number of hydrogen-bond acceptors (Lipinski definition) is 5. The molecule has 5 nitrogen and oxygen atoms in total. The van der Waals surface area contributed by atoms with E-state index in [0.717, 1.165) is 5.82 Å². The number of nitrogens with zero attached hydrogens (tertiary/aromatic N) is 2. The second-order valence-corrected chi connectivity index (χ2v) is 4.92. The van der Waals surface area contributed by atoms with Crippen molar-refractivity contribution >= 4 is 5.82 Å². The van der Waals surface area contributed by atoms with Crippen molar-refractivity contribution in [1.82, 2.24) is 9.97 Å². The van der Waals surface area contributed by atoms with Gasteiger partial charge in [-0.15, -0.1) is 0 Å². The Balaban J connectivity index is 1.86. The molecule has 19 heavy (non-hydrogen) atoms. The highest BCUT2D eigenvalue weighted by Crippen LogP contribution is 2.21. The van der Waals surface area contributed by atoms with Crippen LogP contribution in [0.15, 0.2) is 12.4 Å². The molecule has 2 rings (SSSR count). The van der Waals surface area contributed by atoms with Crippen molar-refractivity contribution in [3.05, 3.63) is 12.4 Å². The molecule has 1 N–H and O–H groups in total. The van der Waals surface area contributed by atoms with Crippen LogP contribution in [0.5, 0.6) is 5.88 Å². The highest BCUT2D eigenvalue weighted by atomic mass is 16.5. The molecular formula is C14H23N3O2. The number of rotatable bonds is 6. The van der Waals surface area contributed by atoms with Crippen LogP contribution in [0.2, 0.25) is 0 Å². The average molecular weight is 265 g/mol. The van der Waals surface area contributed by atoms with Gasteiger partial charge in [0, 0.05) is 19.2 Å². The van der Waals surface area contributed by atoms with E-state index in [9.17, 15) is 0 Å². The number of hydrogen-bond donors (Lipinski definition) is 1. The maximum atomic E-state index is 5.48. The Hall–Kier alpha value is -1.36. The van der Waals surface area contributed by atoms with Crippen molar-refractivity contribution in [1.29, 1.82) is 0 Å². The van der Waals surface area contributed by atoms with Gasteiger partial charge in [0.15, 0.2) is 0 Å². The van der Waals surface area contributed by atoms with Crippen LogP contribution in [0.1, 0.15) is 38.5 Å². The molecular weight excluding hydrogens is 242 g/mol. The summed E-state index contributed by atoms with van der Waals surface area (Å²) in [6.45, 7) is 1.08. The van der Waals surface area contributed by atoms with E-state index in [1.54, 1.807) is 13.4 Å². The van der Waals surface area contributed by atoms with Crippen LogP contribution in [0.25, 0.3) is 0 Å². The Morgan fingerprint density at radius 3 is 2.68 bits per heavy atom. The molecule has 1 fully saturated rings. The van der Waals surface area contributed by atoms with Crippen molar-refractivity contribution in [3.8, 4) is 5.88 Å². The van der Waals surface area contributed by atoms with Gasteiger partial charge in [-0.2, -0.15) is 0 Å².